The van der Waals surface area contributed by atoms with Crippen LogP contribution in [-0.4, -0.2) is 27.1 Å². The number of ether oxygens (including phenoxy) is 1. The Hall–Kier alpha value is -2.18. The van der Waals surface area contributed by atoms with E-state index >= 15 is 0 Å². The Kier molecular flexibility index (Phi) is 5.30. The molecule has 2 aromatic rings. The minimum Gasteiger partial charge on any atom is -0.457 e. The van der Waals surface area contributed by atoms with Gasteiger partial charge in [-0.25, -0.2) is 4.79 Å². The highest BCUT2D eigenvalue weighted by Crippen LogP contribution is 2.12. The Morgan fingerprint density at radius 1 is 1.00 bits per heavy atom. The Morgan fingerprint density at radius 2 is 1.55 bits per heavy atom. The van der Waals surface area contributed by atoms with E-state index in [0.29, 0.717) is 5.56 Å². The molecule has 0 aliphatic rings. The van der Waals surface area contributed by atoms with Crippen LogP contribution in [0.3, 0.4) is 0 Å². The van der Waals surface area contributed by atoms with Gasteiger partial charge in [-0.05, 0) is 31.2 Å². The van der Waals surface area contributed by atoms with Crippen LogP contribution >= 0.6 is 0 Å². The van der Waals surface area contributed by atoms with Crippen molar-refractivity contribution >= 4 is 16.1 Å². The fraction of sp³-hybridized carbons (Fsp3) is 0.188. The van der Waals surface area contributed by atoms with Gasteiger partial charge in [0.2, 0.25) is 0 Å². The highest BCUT2D eigenvalue weighted by Gasteiger charge is 2.18. The number of rotatable bonds is 6. The molecule has 2 rings (SSSR count). The molecule has 22 heavy (non-hydrogen) atoms. The van der Waals surface area contributed by atoms with Gasteiger partial charge in [-0.1, -0.05) is 36.4 Å². The van der Waals surface area contributed by atoms with Gasteiger partial charge in [0.1, 0.15) is 12.7 Å². The van der Waals surface area contributed by atoms with Crippen molar-refractivity contribution in [2.45, 2.75) is 17.9 Å². The van der Waals surface area contributed by atoms with Crippen molar-refractivity contribution in [3.8, 4) is 0 Å². The van der Waals surface area contributed by atoms with E-state index in [1.165, 1.54) is 12.1 Å². The van der Waals surface area contributed by atoms with Gasteiger partial charge < -0.3 is 4.74 Å². The molecule has 0 N–H and O–H groups in total. The van der Waals surface area contributed by atoms with Crippen LogP contribution in [0.1, 0.15) is 17.3 Å². The molecular formula is C16H16O5S. The van der Waals surface area contributed by atoms with Crippen molar-refractivity contribution in [2.75, 3.05) is 6.61 Å². The predicted molar refractivity (Wildman–Crippen MR) is 80.9 cm³/mol. The molecule has 5 nitrogen and oxygen atoms in total. The summed E-state index contributed by atoms with van der Waals surface area (Å²) in [7, 11) is -3.85. The zero-order chi connectivity index (χ0) is 16.0. The summed E-state index contributed by atoms with van der Waals surface area (Å²) in [4.78, 5) is 11.9. The molecule has 0 heterocycles. The lowest BCUT2D eigenvalue weighted by Crippen LogP contribution is -2.22. The summed E-state index contributed by atoms with van der Waals surface area (Å²) in [6.45, 7) is 1.33. The zero-order valence-electron chi connectivity index (χ0n) is 12.0. The summed E-state index contributed by atoms with van der Waals surface area (Å²) in [6.07, 6.45) is -0.689. The van der Waals surface area contributed by atoms with Crippen LogP contribution in [0.25, 0.3) is 0 Å². The first kappa shape index (κ1) is 16.2. The summed E-state index contributed by atoms with van der Waals surface area (Å²) >= 11 is 0. The SMILES string of the molecule is CC(COS(=O)(=O)c1ccccc1)OC(=O)c1ccccc1. The quantitative estimate of drug-likeness (QED) is 0.604. The molecule has 0 amide bonds. The van der Waals surface area contributed by atoms with Crippen LogP contribution in [0.15, 0.2) is 65.6 Å². The van der Waals surface area contributed by atoms with E-state index < -0.39 is 22.2 Å². The van der Waals surface area contributed by atoms with Gasteiger partial charge in [-0.15, -0.1) is 0 Å². The van der Waals surface area contributed by atoms with Gasteiger partial charge >= 0.3 is 5.97 Å². The lowest BCUT2D eigenvalue weighted by molar-refractivity contribution is 0.0234. The molecule has 116 valence electrons. The first-order chi connectivity index (χ1) is 10.5. The number of benzene rings is 2. The normalized spacial score (nSPS) is 12.6. The van der Waals surface area contributed by atoms with Gasteiger partial charge in [0.05, 0.1) is 10.5 Å². The first-order valence-electron chi connectivity index (χ1n) is 6.69. The largest absolute Gasteiger partial charge is 0.457 e. The number of hydrogen-bond acceptors (Lipinski definition) is 5. The second kappa shape index (κ2) is 7.20. The minimum atomic E-state index is -3.85. The fourth-order valence-electron chi connectivity index (χ4n) is 1.70. The Labute approximate surface area is 129 Å². The summed E-state index contributed by atoms with van der Waals surface area (Å²) in [5.74, 6) is -0.520. The van der Waals surface area contributed by atoms with Gasteiger partial charge in [-0.2, -0.15) is 8.42 Å². The van der Waals surface area contributed by atoms with Crippen molar-refractivity contribution in [1.29, 1.82) is 0 Å². The number of hydrogen-bond donors (Lipinski definition) is 0. The van der Waals surface area contributed by atoms with E-state index in [0.717, 1.165) is 0 Å². The second-order valence-corrected chi connectivity index (χ2v) is 6.25. The third-order valence-corrected chi connectivity index (χ3v) is 4.10. The van der Waals surface area contributed by atoms with E-state index in [4.69, 9.17) is 8.92 Å². The van der Waals surface area contributed by atoms with E-state index in [-0.39, 0.29) is 11.5 Å². The van der Waals surface area contributed by atoms with Crippen LogP contribution in [0.5, 0.6) is 0 Å². The molecule has 0 aromatic heterocycles. The molecule has 0 spiro atoms. The van der Waals surface area contributed by atoms with Gasteiger partial charge in [0.15, 0.2) is 0 Å². The van der Waals surface area contributed by atoms with Gasteiger partial charge in [0, 0.05) is 0 Å². The summed E-state index contributed by atoms with van der Waals surface area (Å²) in [5.41, 5.74) is 0.403. The van der Waals surface area contributed by atoms with Gasteiger partial charge in [-0.3, -0.25) is 4.18 Å². The average Bonchev–Trinajstić information content (AvgIpc) is 2.55. The van der Waals surface area contributed by atoms with Crippen molar-refractivity contribution in [2.24, 2.45) is 0 Å². The monoisotopic (exact) mass is 320 g/mol. The molecule has 0 bridgehead atoms. The predicted octanol–water partition coefficient (Wildman–Crippen LogP) is 2.64. The zero-order valence-corrected chi connectivity index (χ0v) is 12.8. The highest BCUT2D eigenvalue weighted by atomic mass is 32.2. The van der Waals surface area contributed by atoms with Crippen LogP contribution in [0.2, 0.25) is 0 Å². The van der Waals surface area contributed by atoms with Crippen LogP contribution in [0, 0.1) is 0 Å². The number of esters is 1. The van der Waals surface area contributed by atoms with Crippen LogP contribution < -0.4 is 0 Å². The molecular weight excluding hydrogens is 304 g/mol. The molecule has 0 saturated heterocycles. The maximum absolute atomic E-state index is 11.9. The van der Waals surface area contributed by atoms with Crippen molar-refractivity contribution in [1.82, 2.24) is 0 Å². The smallest absolute Gasteiger partial charge is 0.338 e. The highest BCUT2D eigenvalue weighted by molar-refractivity contribution is 7.86. The summed E-state index contributed by atoms with van der Waals surface area (Å²) in [6, 6.07) is 16.3. The topological polar surface area (TPSA) is 69.7 Å². The molecule has 0 radical (unpaired) electrons. The lowest BCUT2D eigenvalue weighted by atomic mass is 10.2. The summed E-state index contributed by atoms with van der Waals surface area (Å²) in [5, 5.41) is 0. The lowest BCUT2D eigenvalue weighted by Gasteiger charge is -2.13. The van der Waals surface area contributed by atoms with E-state index in [1.807, 2.05) is 0 Å². The molecule has 0 saturated carbocycles. The molecule has 2 aromatic carbocycles. The van der Waals surface area contributed by atoms with Crippen molar-refractivity contribution in [3.05, 3.63) is 66.2 Å². The van der Waals surface area contributed by atoms with Crippen LogP contribution in [-0.2, 0) is 19.0 Å². The third-order valence-electron chi connectivity index (χ3n) is 2.81. The second-order valence-electron chi connectivity index (χ2n) is 4.63. The molecule has 1 atom stereocenters. The third kappa shape index (κ3) is 4.41. The first-order valence-corrected chi connectivity index (χ1v) is 8.10. The molecule has 0 aliphatic carbocycles. The minimum absolute atomic E-state index is 0.0663. The molecule has 6 heteroatoms. The van der Waals surface area contributed by atoms with Crippen LogP contribution in [0.4, 0.5) is 0 Å². The average molecular weight is 320 g/mol. The number of carbonyl (C=O) groups excluding carboxylic acids is 1. The van der Waals surface area contributed by atoms with Gasteiger partial charge in [0.25, 0.3) is 10.1 Å². The molecule has 0 fully saturated rings. The maximum atomic E-state index is 11.9. The van der Waals surface area contributed by atoms with E-state index in [1.54, 1.807) is 55.5 Å². The van der Waals surface area contributed by atoms with E-state index in [2.05, 4.69) is 0 Å². The standard InChI is InChI=1S/C16H16O5S/c1-13(21-16(17)14-8-4-2-5-9-14)12-20-22(18,19)15-10-6-3-7-11-15/h2-11,13H,12H2,1H3. The Morgan fingerprint density at radius 3 is 2.14 bits per heavy atom. The van der Waals surface area contributed by atoms with Crippen molar-refractivity contribution < 1.29 is 22.1 Å². The molecule has 0 aliphatic heterocycles. The number of carbonyl (C=O) groups is 1. The van der Waals surface area contributed by atoms with E-state index in [9.17, 15) is 13.2 Å². The van der Waals surface area contributed by atoms with Crippen molar-refractivity contribution in [3.63, 3.8) is 0 Å². The fourth-order valence-corrected chi connectivity index (χ4v) is 2.70. The molecule has 1 unspecified atom stereocenters. The Balaban J connectivity index is 1.90. The maximum Gasteiger partial charge on any atom is 0.338 e. The Bertz CT molecular complexity index is 711. The summed E-state index contributed by atoms with van der Waals surface area (Å²) < 4.78 is 33.9.